The molecule has 0 bridgehead atoms. The van der Waals surface area contributed by atoms with Gasteiger partial charge in [0.05, 0.1) is 12.0 Å². The molecule has 0 radical (unpaired) electrons. The summed E-state index contributed by atoms with van der Waals surface area (Å²) in [6.07, 6.45) is 0. The van der Waals surface area contributed by atoms with Crippen molar-refractivity contribution >= 4 is 17.3 Å². The van der Waals surface area contributed by atoms with E-state index >= 15 is 0 Å². The summed E-state index contributed by atoms with van der Waals surface area (Å²) in [7, 11) is 1.28. The first-order valence-corrected chi connectivity index (χ1v) is 4.60. The molecule has 86 valence electrons. The number of ether oxygens (including phenoxy) is 1. The minimum Gasteiger partial charge on any atom is -0.468 e. The van der Waals surface area contributed by atoms with E-state index in [1.165, 1.54) is 13.2 Å². The van der Waals surface area contributed by atoms with Crippen molar-refractivity contribution in [2.75, 3.05) is 19.0 Å². The first-order valence-electron chi connectivity index (χ1n) is 4.60. The number of methoxy groups -OCH3 is 1. The van der Waals surface area contributed by atoms with Crippen molar-refractivity contribution in [2.24, 2.45) is 0 Å². The number of hydrogen-bond donors (Lipinski definition) is 1. The standard InChI is InChI=1S/C10H12N2O4/c1-7-3-4-8(5-9(7)12(14)15)11-6-10(13)16-2/h3-5,11H,6H2,1-2H3. The molecule has 1 rings (SSSR count). The second-order valence-electron chi connectivity index (χ2n) is 3.19. The second-order valence-corrected chi connectivity index (χ2v) is 3.19. The third-order valence-corrected chi connectivity index (χ3v) is 2.07. The largest absolute Gasteiger partial charge is 0.468 e. The lowest BCUT2D eigenvalue weighted by atomic mass is 10.2. The first kappa shape index (κ1) is 12.0. The van der Waals surface area contributed by atoms with Gasteiger partial charge in [0.2, 0.25) is 0 Å². The van der Waals surface area contributed by atoms with E-state index in [1.54, 1.807) is 19.1 Å². The van der Waals surface area contributed by atoms with Crippen molar-refractivity contribution in [3.8, 4) is 0 Å². The Morgan fingerprint density at radius 1 is 1.56 bits per heavy atom. The Bertz CT molecular complexity index is 417. The fourth-order valence-corrected chi connectivity index (χ4v) is 1.16. The summed E-state index contributed by atoms with van der Waals surface area (Å²) in [5, 5.41) is 13.4. The van der Waals surface area contributed by atoms with Gasteiger partial charge in [-0.3, -0.25) is 14.9 Å². The summed E-state index contributed by atoms with van der Waals surface area (Å²) in [5.41, 5.74) is 1.12. The van der Waals surface area contributed by atoms with Crippen LogP contribution in [0.25, 0.3) is 0 Å². The third-order valence-electron chi connectivity index (χ3n) is 2.07. The second kappa shape index (κ2) is 5.11. The smallest absolute Gasteiger partial charge is 0.325 e. The molecule has 0 aromatic heterocycles. The molecule has 0 aliphatic rings. The maximum Gasteiger partial charge on any atom is 0.325 e. The number of benzene rings is 1. The fourth-order valence-electron chi connectivity index (χ4n) is 1.16. The summed E-state index contributed by atoms with van der Waals surface area (Å²) < 4.78 is 4.44. The molecule has 0 saturated heterocycles. The fraction of sp³-hybridized carbons (Fsp3) is 0.300. The van der Waals surface area contributed by atoms with Gasteiger partial charge in [-0.25, -0.2) is 0 Å². The molecule has 6 heteroatoms. The lowest BCUT2D eigenvalue weighted by molar-refractivity contribution is -0.385. The Kier molecular flexibility index (Phi) is 3.82. The van der Waals surface area contributed by atoms with Crippen molar-refractivity contribution < 1.29 is 14.5 Å². The molecular formula is C10H12N2O4. The van der Waals surface area contributed by atoms with Gasteiger partial charge in [0.1, 0.15) is 6.54 Å². The molecule has 6 nitrogen and oxygen atoms in total. The molecule has 1 aromatic carbocycles. The molecule has 0 unspecified atom stereocenters. The summed E-state index contributed by atoms with van der Waals surface area (Å²) in [6.45, 7) is 1.64. The molecule has 1 N–H and O–H groups in total. The van der Waals surface area contributed by atoms with E-state index in [1.807, 2.05) is 0 Å². The van der Waals surface area contributed by atoms with Crippen LogP contribution in [0.4, 0.5) is 11.4 Å². The molecule has 0 amide bonds. The molecule has 0 atom stereocenters. The zero-order valence-electron chi connectivity index (χ0n) is 9.02. The van der Waals surface area contributed by atoms with Crippen LogP contribution < -0.4 is 5.32 Å². The van der Waals surface area contributed by atoms with Gasteiger partial charge in [0.25, 0.3) is 5.69 Å². The van der Waals surface area contributed by atoms with E-state index in [4.69, 9.17) is 0 Å². The zero-order valence-corrected chi connectivity index (χ0v) is 9.02. The monoisotopic (exact) mass is 224 g/mol. The van der Waals surface area contributed by atoms with Crippen LogP contribution in [0, 0.1) is 17.0 Å². The van der Waals surface area contributed by atoms with E-state index in [0.29, 0.717) is 11.3 Å². The van der Waals surface area contributed by atoms with Gasteiger partial charge in [0.15, 0.2) is 0 Å². The summed E-state index contributed by atoms with van der Waals surface area (Å²) in [6, 6.07) is 4.68. The number of nitro groups is 1. The Morgan fingerprint density at radius 3 is 2.81 bits per heavy atom. The quantitative estimate of drug-likeness (QED) is 0.476. The maximum absolute atomic E-state index is 10.9. The van der Waals surface area contributed by atoms with Crippen LogP contribution >= 0.6 is 0 Å². The minimum absolute atomic E-state index is 0.0171. The molecule has 0 aliphatic carbocycles. The van der Waals surface area contributed by atoms with Crippen molar-refractivity contribution in [3.63, 3.8) is 0 Å². The van der Waals surface area contributed by atoms with Crippen molar-refractivity contribution in [1.82, 2.24) is 0 Å². The van der Waals surface area contributed by atoms with Crippen molar-refractivity contribution in [1.29, 1.82) is 0 Å². The predicted molar refractivity (Wildman–Crippen MR) is 58.3 cm³/mol. The Morgan fingerprint density at radius 2 is 2.25 bits per heavy atom. The summed E-state index contributed by atoms with van der Waals surface area (Å²) >= 11 is 0. The van der Waals surface area contributed by atoms with Crippen LogP contribution in [-0.4, -0.2) is 24.5 Å². The number of nitro benzene ring substituents is 1. The maximum atomic E-state index is 10.9. The van der Waals surface area contributed by atoms with Crippen LogP contribution in [0.5, 0.6) is 0 Å². The van der Waals surface area contributed by atoms with Crippen LogP contribution in [0.1, 0.15) is 5.56 Å². The number of hydrogen-bond acceptors (Lipinski definition) is 5. The summed E-state index contributed by atoms with van der Waals surface area (Å²) in [4.78, 5) is 21.0. The van der Waals surface area contributed by atoms with E-state index in [9.17, 15) is 14.9 Å². The molecule has 0 aliphatic heterocycles. The van der Waals surface area contributed by atoms with Gasteiger partial charge in [0, 0.05) is 17.3 Å². The number of rotatable bonds is 4. The predicted octanol–water partition coefficient (Wildman–Crippen LogP) is 1.49. The number of nitrogens with one attached hydrogen (secondary N) is 1. The summed E-state index contributed by atoms with van der Waals surface area (Å²) in [5.74, 6) is -0.428. The van der Waals surface area contributed by atoms with E-state index in [0.717, 1.165) is 0 Å². The van der Waals surface area contributed by atoms with Crippen LogP contribution in [-0.2, 0) is 9.53 Å². The van der Waals surface area contributed by atoms with Crippen molar-refractivity contribution in [3.05, 3.63) is 33.9 Å². The number of esters is 1. The number of nitrogens with zero attached hydrogens (tertiary/aromatic N) is 1. The van der Waals surface area contributed by atoms with Gasteiger partial charge < -0.3 is 10.1 Å². The molecule has 1 aromatic rings. The zero-order chi connectivity index (χ0) is 12.1. The molecule has 0 fully saturated rings. The Labute approximate surface area is 92.4 Å². The average Bonchev–Trinajstić information content (AvgIpc) is 2.27. The average molecular weight is 224 g/mol. The van der Waals surface area contributed by atoms with Crippen LogP contribution in [0.3, 0.4) is 0 Å². The topological polar surface area (TPSA) is 81.5 Å². The lowest BCUT2D eigenvalue weighted by Crippen LogP contribution is -2.15. The molecule has 0 saturated carbocycles. The number of anilines is 1. The number of carbonyl (C=O) groups excluding carboxylic acids is 1. The highest BCUT2D eigenvalue weighted by atomic mass is 16.6. The third kappa shape index (κ3) is 2.94. The molecular weight excluding hydrogens is 212 g/mol. The Balaban J connectivity index is 2.79. The van der Waals surface area contributed by atoms with Gasteiger partial charge >= 0.3 is 5.97 Å². The molecule has 0 heterocycles. The van der Waals surface area contributed by atoms with Crippen molar-refractivity contribution in [2.45, 2.75) is 6.92 Å². The highest BCUT2D eigenvalue weighted by Crippen LogP contribution is 2.21. The Hall–Kier alpha value is -2.11. The van der Waals surface area contributed by atoms with E-state index in [2.05, 4.69) is 10.1 Å². The number of carbonyl (C=O) groups is 1. The van der Waals surface area contributed by atoms with E-state index in [-0.39, 0.29) is 12.2 Å². The number of aryl methyl sites for hydroxylation is 1. The SMILES string of the molecule is COC(=O)CNc1ccc(C)c([N+](=O)[O-])c1. The highest BCUT2D eigenvalue weighted by Gasteiger charge is 2.11. The van der Waals surface area contributed by atoms with Crippen LogP contribution in [0.2, 0.25) is 0 Å². The molecule has 0 spiro atoms. The van der Waals surface area contributed by atoms with Gasteiger partial charge in [-0.1, -0.05) is 6.07 Å². The van der Waals surface area contributed by atoms with Gasteiger partial charge in [-0.2, -0.15) is 0 Å². The lowest BCUT2D eigenvalue weighted by Gasteiger charge is -2.05. The normalized spacial score (nSPS) is 9.62. The minimum atomic E-state index is -0.460. The van der Waals surface area contributed by atoms with Gasteiger partial charge in [-0.15, -0.1) is 0 Å². The van der Waals surface area contributed by atoms with Gasteiger partial charge in [-0.05, 0) is 13.0 Å². The van der Waals surface area contributed by atoms with E-state index < -0.39 is 10.9 Å². The molecule has 16 heavy (non-hydrogen) atoms. The van der Waals surface area contributed by atoms with Crippen LogP contribution in [0.15, 0.2) is 18.2 Å². The first-order chi connectivity index (χ1) is 7.54. The highest BCUT2D eigenvalue weighted by molar-refractivity contribution is 5.75.